The number of nitrogens with two attached hydrogens (primary N) is 1. The minimum atomic E-state index is -0.548. The quantitative estimate of drug-likeness (QED) is 0.639. The second kappa shape index (κ2) is 9.59. The summed E-state index contributed by atoms with van der Waals surface area (Å²) in [7, 11) is 0. The van der Waals surface area contributed by atoms with E-state index in [2.05, 4.69) is 42.5 Å². The maximum atomic E-state index is 9.67. The molecule has 0 amide bonds. The van der Waals surface area contributed by atoms with Gasteiger partial charge in [-0.1, -0.05) is 42.5 Å². The molecule has 0 spiro atoms. The van der Waals surface area contributed by atoms with Gasteiger partial charge in [-0.15, -0.1) is 0 Å². The first-order valence-corrected chi connectivity index (χ1v) is 9.20. The Kier molecular flexibility index (Phi) is 7.48. The monoisotopic (exact) mass is 341 g/mol. The molecular formula is C22H31NO2. The number of aliphatic hydroxyl groups is 1. The molecule has 0 aromatic heterocycles. The van der Waals surface area contributed by atoms with E-state index in [0.29, 0.717) is 0 Å². The average Bonchev–Trinajstić information content (AvgIpc) is 2.61. The summed E-state index contributed by atoms with van der Waals surface area (Å²) in [6.45, 7) is 4.38. The van der Waals surface area contributed by atoms with E-state index < -0.39 is 11.6 Å². The molecule has 3 N–H and O–H groups in total. The van der Waals surface area contributed by atoms with Crippen LogP contribution in [-0.2, 0) is 12.8 Å². The predicted molar refractivity (Wildman–Crippen MR) is 104 cm³/mol. The van der Waals surface area contributed by atoms with Gasteiger partial charge in [0, 0.05) is 5.54 Å². The number of aryl methyl sites for hydroxylation is 2. The normalized spacial score (nSPS) is 14.7. The second-order valence-electron chi connectivity index (χ2n) is 7.12. The highest BCUT2D eigenvalue weighted by atomic mass is 16.5. The zero-order chi connectivity index (χ0) is 18.1. The molecule has 0 aliphatic heterocycles. The van der Waals surface area contributed by atoms with E-state index in [1.807, 2.05) is 19.1 Å². The van der Waals surface area contributed by atoms with Crippen LogP contribution in [0.1, 0.15) is 44.2 Å². The van der Waals surface area contributed by atoms with Crippen molar-refractivity contribution in [3.8, 4) is 5.75 Å². The van der Waals surface area contributed by atoms with Crippen molar-refractivity contribution in [1.82, 2.24) is 0 Å². The van der Waals surface area contributed by atoms with Crippen LogP contribution in [0.15, 0.2) is 54.6 Å². The summed E-state index contributed by atoms with van der Waals surface area (Å²) in [4.78, 5) is 0. The minimum absolute atomic E-state index is 0.508. The Hall–Kier alpha value is -1.84. The molecule has 0 bridgehead atoms. The number of hydrogen-bond donors (Lipinski definition) is 2. The molecule has 3 heteroatoms. The Morgan fingerprint density at radius 3 is 2.24 bits per heavy atom. The molecule has 0 aliphatic rings. The van der Waals surface area contributed by atoms with Crippen LogP contribution >= 0.6 is 0 Å². The molecule has 0 saturated heterocycles. The fourth-order valence-electron chi connectivity index (χ4n) is 2.64. The maximum Gasteiger partial charge on any atom is 0.119 e. The Bertz CT molecular complexity index is 606. The lowest BCUT2D eigenvalue weighted by molar-refractivity contribution is 0.106. The molecule has 0 radical (unpaired) electrons. The van der Waals surface area contributed by atoms with Crippen LogP contribution in [0.2, 0.25) is 0 Å². The number of ether oxygens (including phenoxy) is 1. The first-order valence-electron chi connectivity index (χ1n) is 9.20. The third kappa shape index (κ3) is 6.89. The SMILES string of the molecule is C[C@H](O)[C@](C)(N)CCc1ccc(OCCCCc2ccccc2)cc1. The third-order valence-corrected chi connectivity index (χ3v) is 4.80. The highest BCUT2D eigenvalue weighted by Gasteiger charge is 2.24. The topological polar surface area (TPSA) is 55.5 Å². The van der Waals surface area contributed by atoms with E-state index in [9.17, 15) is 5.11 Å². The van der Waals surface area contributed by atoms with Crippen LogP contribution < -0.4 is 10.5 Å². The van der Waals surface area contributed by atoms with Crippen molar-refractivity contribution in [3.63, 3.8) is 0 Å². The Balaban J connectivity index is 1.66. The van der Waals surface area contributed by atoms with E-state index in [1.165, 1.54) is 11.1 Å². The van der Waals surface area contributed by atoms with E-state index in [0.717, 1.165) is 44.5 Å². The summed E-state index contributed by atoms with van der Waals surface area (Å²) in [5.41, 5.74) is 8.15. The summed E-state index contributed by atoms with van der Waals surface area (Å²) >= 11 is 0. The molecule has 25 heavy (non-hydrogen) atoms. The van der Waals surface area contributed by atoms with Crippen LogP contribution in [0.3, 0.4) is 0 Å². The number of benzene rings is 2. The fourth-order valence-corrected chi connectivity index (χ4v) is 2.64. The van der Waals surface area contributed by atoms with Crippen LogP contribution in [0.4, 0.5) is 0 Å². The largest absolute Gasteiger partial charge is 0.494 e. The first-order chi connectivity index (χ1) is 12.0. The molecule has 0 unspecified atom stereocenters. The van der Waals surface area contributed by atoms with Crippen LogP contribution in [0.25, 0.3) is 0 Å². The summed E-state index contributed by atoms with van der Waals surface area (Å²) < 4.78 is 5.82. The van der Waals surface area contributed by atoms with E-state index in [-0.39, 0.29) is 0 Å². The van der Waals surface area contributed by atoms with Gasteiger partial charge in [0.05, 0.1) is 12.7 Å². The number of hydrogen-bond acceptors (Lipinski definition) is 3. The molecule has 2 aromatic rings. The summed E-state index contributed by atoms with van der Waals surface area (Å²) in [5.74, 6) is 0.912. The molecule has 3 nitrogen and oxygen atoms in total. The smallest absolute Gasteiger partial charge is 0.119 e. The standard InChI is InChI=1S/C22H31NO2/c1-18(24)22(2,23)16-15-20-11-13-21(14-12-20)25-17-7-6-10-19-8-4-3-5-9-19/h3-5,8-9,11-14,18,24H,6-7,10,15-17,23H2,1-2H3/t18-,22+/m0/s1. The highest BCUT2D eigenvalue weighted by Crippen LogP contribution is 2.18. The fraction of sp³-hybridized carbons (Fsp3) is 0.455. The number of unbranched alkanes of at least 4 members (excludes halogenated alkanes) is 1. The Labute approximate surface area is 151 Å². The van der Waals surface area contributed by atoms with Gasteiger partial charge in [0.25, 0.3) is 0 Å². The molecule has 0 saturated carbocycles. The molecule has 2 rings (SSSR count). The van der Waals surface area contributed by atoms with Gasteiger partial charge in [-0.2, -0.15) is 0 Å². The molecule has 0 aliphatic carbocycles. The van der Waals surface area contributed by atoms with Crippen molar-refractivity contribution in [2.75, 3.05) is 6.61 Å². The van der Waals surface area contributed by atoms with Crippen molar-refractivity contribution >= 4 is 0 Å². The molecule has 2 aromatic carbocycles. The van der Waals surface area contributed by atoms with Gasteiger partial charge < -0.3 is 15.6 Å². The van der Waals surface area contributed by atoms with E-state index in [1.54, 1.807) is 6.92 Å². The number of aliphatic hydroxyl groups excluding tert-OH is 1. The van der Waals surface area contributed by atoms with Crippen LogP contribution in [0.5, 0.6) is 5.75 Å². The summed E-state index contributed by atoms with van der Waals surface area (Å²) in [6.07, 6.45) is 4.39. The lowest BCUT2D eigenvalue weighted by Crippen LogP contribution is -2.46. The molecule has 0 heterocycles. The van der Waals surface area contributed by atoms with Gasteiger partial charge in [0.2, 0.25) is 0 Å². The average molecular weight is 341 g/mol. The lowest BCUT2D eigenvalue weighted by Gasteiger charge is -2.27. The second-order valence-corrected chi connectivity index (χ2v) is 7.12. The highest BCUT2D eigenvalue weighted by molar-refractivity contribution is 5.27. The van der Waals surface area contributed by atoms with Gasteiger partial charge >= 0.3 is 0 Å². The summed E-state index contributed by atoms with van der Waals surface area (Å²) in [6, 6.07) is 18.8. The predicted octanol–water partition coefficient (Wildman–Crippen LogP) is 4.12. The van der Waals surface area contributed by atoms with Crippen LogP contribution in [-0.4, -0.2) is 23.4 Å². The van der Waals surface area contributed by atoms with Crippen molar-refractivity contribution in [2.24, 2.45) is 5.73 Å². The number of rotatable bonds is 10. The minimum Gasteiger partial charge on any atom is -0.494 e. The van der Waals surface area contributed by atoms with Gasteiger partial charge in [-0.3, -0.25) is 0 Å². The molecule has 136 valence electrons. The lowest BCUT2D eigenvalue weighted by atomic mass is 9.90. The maximum absolute atomic E-state index is 9.67. The van der Waals surface area contributed by atoms with Gasteiger partial charge in [-0.25, -0.2) is 0 Å². The molecular weight excluding hydrogens is 310 g/mol. The zero-order valence-electron chi connectivity index (χ0n) is 15.4. The van der Waals surface area contributed by atoms with E-state index in [4.69, 9.17) is 10.5 Å². The van der Waals surface area contributed by atoms with Crippen molar-refractivity contribution in [2.45, 2.75) is 57.6 Å². The molecule has 2 atom stereocenters. The Morgan fingerprint density at radius 1 is 0.960 bits per heavy atom. The van der Waals surface area contributed by atoms with Crippen molar-refractivity contribution < 1.29 is 9.84 Å². The Morgan fingerprint density at radius 2 is 1.60 bits per heavy atom. The molecule has 0 fully saturated rings. The van der Waals surface area contributed by atoms with Gasteiger partial charge in [0.15, 0.2) is 0 Å². The van der Waals surface area contributed by atoms with Crippen molar-refractivity contribution in [3.05, 3.63) is 65.7 Å². The third-order valence-electron chi connectivity index (χ3n) is 4.80. The first kappa shape index (κ1) is 19.5. The van der Waals surface area contributed by atoms with Gasteiger partial charge in [0.1, 0.15) is 5.75 Å². The van der Waals surface area contributed by atoms with E-state index >= 15 is 0 Å². The van der Waals surface area contributed by atoms with Crippen LogP contribution in [0, 0.1) is 0 Å². The van der Waals surface area contributed by atoms with Crippen molar-refractivity contribution in [1.29, 1.82) is 0 Å². The van der Waals surface area contributed by atoms with Gasteiger partial charge in [-0.05, 0) is 69.2 Å². The summed E-state index contributed by atoms with van der Waals surface area (Å²) in [5, 5.41) is 9.67. The zero-order valence-corrected chi connectivity index (χ0v) is 15.4.